The molecule has 16 heteroatoms. The van der Waals surface area contributed by atoms with Crippen molar-refractivity contribution in [1.29, 1.82) is 0 Å². The second kappa shape index (κ2) is 30.9. The van der Waals surface area contributed by atoms with Gasteiger partial charge in [0.1, 0.15) is 0 Å². The van der Waals surface area contributed by atoms with Gasteiger partial charge in [0.15, 0.2) is 0 Å². The van der Waals surface area contributed by atoms with Crippen LogP contribution in [0.2, 0.25) is 6.04 Å². The van der Waals surface area contributed by atoms with Crippen molar-refractivity contribution in [3.63, 3.8) is 0 Å². The van der Waals surface area contributed by atoms with Crippen LogP contribution in [0.25, 0.3) is 0 Å². The predicted molar refractivity (Wildman–Crippen MR) is 164 cm³/mol. The number of methoxy groups -OCH3 is 6. The third kappa shape index (κ3) is 24.9. The molecule has 0 aromatic carbocycles. The molecular formula is C27H56O14Si2. The highest BCUT2D eigenvalue weighted by molar-refractivity contribution is 6.66. The lowest BCUT2D eigenvalue weighted by Gasteiger charge is -2.29. The van der Waals surface area contributed by atoms with Gasteiger partial charge < -0.3 is 59.7 Å². The van der Waals surface area contributed by atoms with Crippen LogP contribution < -0.4 is 0 Å². The van der Waals surface area contributed by atoms with Crippen LogP contribution in [0, 0.1) is 0 Å². The Morgan fingerprint density at radius 3 is 1.16 bits per heavy atom. The summed E-state index contributed by atoms with van der Waals surface area (Å²) in [6.07, 6.45) is 0.554. The maximum absolute atomic E-state index is 11.4. The lowest BCUT2D eigenvalue weighted by molar-refractivity contribution is -0.139. The summed E-state index contributed by atoms with van der Waals surface area (Å²) in [7, 11) is 3.81. The van der Waals surface area contributed by atoms with Crippen LogP contribution >= 0.6 is 0 Å². The van der Waals surface area contributed by atoms with Gasteiger partial charge in [-0.3, -0.25) is 0 Å². The molecule has 0 aliphatic carbocycles. The Morgan fingerprint density at radius 2 is 0.884 bits per heavy atom. The van der Waals surface area contributed by atoms with E-state index in [1.165, 1.54) is 0 Å². The standard InChI is InChI=1S/C16H32O8Si.C11H24O6Si/c1-15(2)16(17)21-7-6-14-25(22-11-8-18-3,23-12-9-19-4)24-13-10-20-5;1-5-18(15-9-6-12-2,16-10-7-13-3)17-11-8-14-4/h1,6-14H2,2-5H3;5H,1,6-11H2,2-4H3. The largest absolute Gasteiger partial charge is 0.529 e. The fraction of sp³-hybridized carbons (Fsp3) is 0.815. The minimum atomic E-state index is -2.96. The van der Waals surface area contributed by atoms with Crippen molar-refractivity contribution in [2.24, 2.45) is 0 Å². The summed E-state index contributed by atoms with van der Waals surface area (Å²) in [6, 6.07) is 0.508. The van der Waals surface area contributed by atoms with E-state index in [4.69, 9.17) is 59.7 Å². The first-order chi connectivity index (χ1) is 20.8. The Labute approximate surface area is 260 Å². The molecule has 0 aliphatic rings. The minimum absolute atomic E-state index is 0.245. The lowest BCUT2D eigenvalue weighted by atomic mass is 10.4. The Bertz CT molecular complexity index is 619. The maximum atomic E-state index is 11.4. The SMILES string of the molecule is C=C(C)C(=O)OCCC[Si](OCCOC)(OCCOC)OCCOC.C=C[Si](OCCOC)(OCCOC)OCCOC. The van der Waals surface area contributed by atoms with Crippen LogP contribution in [-0.2, 0) is 64.5 Å². The Morgan fingerprint density at radius 1 is 0.558 bits per heavy atom. The van der Waals surface area contributed by atoms with Crippen LogP contribution in [0.1, 0.15) is 13.3 Å². The van der Waals surface area contributed by atoms with E-state index in [-0.39, 0.29) is 6.61 Å². The highest BCUT2D eigenvalue weighted by Gasteiger charge is 2.41. The molecule has 0 aromatic heterocycles. The van der Waals surface area contributed by atoms with Gasteiger partial charge in [-0.1, -0.05) is 13.2 Å². The fourth-order valence-electron chi connectivity index (χ4n) is 2.86. The van der Waals surface area contributed by atoms with Crippen LogP contribution in [0.5, 0.6) is 0 Å². The summed E-state index contributed by atoms with van der Waals surface area (Å²) in [5.41, 5.74) is 1.97. The van der Waals surface area contributed by atoms with Gasteiger partial charge >= 0.3 is 23.6 Å². The third-order valence-corrected chi connectivity index (χ3v) is 10.3. The first-order valence-corrected chi connectivity index (χ1v) is 17.7. The zero-order valence-corrected chi connectivity index (χ0v) is 29.3. The molecule has 0 amide bonds. The van der Waals surface area contributed by atoms with Gasteiger partial charge in [-0.25, -0.2) is 4.79 Å². The molecule has 0 aliphatic heterocycles. The summed E-state index contributed by atoms with van der Waals surface area (Å²) < 4.78 is 69.7. The van der Waals surface area contributed by atoms with Crippen molar-refractivity contribution in [1.82, 2.24) is 0 Å². The summed E-state index contributed by atoms with van der Waals surface area (Å²) in [5.74, 6) is -0.409. The Hall–Kier alpha value is -1.10. The second-order valence-electron chi connectivity index (χ2n) is 8.56. The van der Waals surface area contributed by atoms with Gasteiger partial charge in [-0.15, -0.1) is 0 Å². The van der Waals surface area contributed by atoms with E-state index in [9.17, 15) is 4.79 Å². The molecule has 0 radical (unpaired) electrons. The Balaban J connectivity index is 0. The van der Waals surface area contributed by atoms with Crippen molar-refractivity contribution in [3.8, 4) is 0 Å². The molecule has 0 rings (SSSR count). The molecule has 0 saturated heterocycles. The lowest BCUT2D eigenvalue weighted by Crippen LogP contribution is -2.48. The number of ether oxygens (including phenoxy) is 7. The van der Waals surface area contributed by atoms with E-state index in [0.29, 0.717) is 97.3 Å². The van der Waals surface area contributed by atoms with Gasteiger partial charge in [0.25, 0.3) is 0 Å². The van der Waals surface area contributed by atoms with Crippen LogP contribution in [0.3, 0.4) is 0 Å². The summed E-state index contributed by atoms with van der Waals surface area (Å²) >= 11 is 0. The van der Waals surface area contributed by atoms with E-state index in [1.807, 2.05) is 0 Å². The first-order valence-electron chi connectivity index (χ1n) is 14.0. The molecule has 256 valence electrons. The second-order valence-corrected chi connectivity index (χ2v) is 13.8. The molecule has 0 N–H and O–H groups in total. The summed E-state index contributed by atoms with van der Waals surface area (Å²) in [6.45, 7) is 14.1. The van der Waals surface area contributed by atoms with Gasteiger partial charge in [0.05, 0.1) is 85.9 Å². The molecule has 0 heterocycles. The smallest absolute Gasteiger partial charge is 0.462 e. The molecule has 0 fully saturated rings. The van der Waals surface area contributed by atoms with Crippen molar-refractivity contribution in [2.75, 3.05) is 129 Å². The zero-order valence-electron chi connectivity index (χ0n) is 27.3. The van der Waals surface area contributed by atoms with Crippen molar-refractivity contribution < 1.29 is 64.5 Å². The van der Waals surface area contributed by atoms with E-state index >= 15 is 0 Å². The molecule has 0 unspecified atom stereocenters. The molecule has 0 atom stereocenters. The molecule has 0 bridgehead atoms. The van der Waals surface area contributed by atoms with E-state index in [1.54, 1.807) is 55.3 Å². The summed E-state index contributed by atoms with van der Waals surface area (Å²) in [5, 5.41) is 0. The molecule has 0 aromatic rings. The van der Waals surface area contributed by atoms with Gasteiger partial charge in [0, 0.05) is 54.3 Å². The van der Waals surface area contributed by atoms with Crippen LogP contribution in [0.4, 0.5) is 0 Å². The highest BCUT2D eigenvalue weighted by Crippen LogP contribution is 2.19. The monoisotopic (exact) mass is 660 g/mol. The zero-order chi connectivity index (χ0) is 32.7. The molecule has 0 spiro atoms. The van der Waals surface area contributed by atoms with Crippen molar-refractivity contribution in [2.45, 2.75) is 19.4 Å². The van der Waals surface area contributed by atoms with E-state index in [2.05, 4.69) is 13.2 Å². The van der Waals surface area contributed by atoms with Crippen LogP contribution in [0.15, 0.2) is 24.4 Å². The Kier molecular flexibility index (Phi) is 31.7. The van der Waals surface area contributed by atoms with Gasteiger partial charge in [-0.2, -0.15) is 0 Å². The van der Waals surface area contributed by atoms with Crippen molar-refractivity contribution >= 4 is 23.6 Å². The molecule has 43 heavy (non-hydrogen) atoms. The number of esters is 1. The predicted octanol–water partition coefficient (Wildman–Crippen LogP) is 2.06. The number of carbonyl (C=O) groups excluding carboxylic acids is 1. The number of hydrogen-bond donors (Lipinski definition) is 0. The van der Waals surface area contributed by atoms with Crippen molar-refractivity contribution in [3.05, 3.63) is 24.4 Å². The topological polar surface area (TPSA) is 137 Å². The minimum Gasteiger partial charge on any atom is -0.462 e. The molecule has 14 nitrogen and oxygen atoms in total. The van der Waals surface area contributed by atoms with E-state index < -0.39 is 23.6 Å². The van der Waals surface area contributed by atoms with Gasteiger partial charge in [-0.05, 0) is 19.0 Å². The normalized spacial score (nSPS) is 11.6. The van der Waals surface area contributed by atoms with Gasteiger partial charge in [0.2, 0.25) is 0 Å². The van der Waals surface area contributed by atoms with Crippen LogP contribution in [-0.4, -0.2) is 152 Å². The third-order valence-electron chi connectivity index (χ3n) is 5.06. The number of rotatable bonds is 30. The van der Waals surface area contributed by atoms with E-state index in [0.717, 1.165) is 0 Å². The highest BCUT2D eigenvalue weighted by atomic mass is 28.4. The average Bonchev–Trinajstić information content (AvgIpc) is 3.00. The number of hydrogen-bond acceptors (Lipinski definition) is 14. The number of carbonyl (C=O) groups is 1. The average molecular weight is 661 g/mol. The maximum Gasteiger partial charge on any atom is 0.529 e. The fourth-order valence-corrected chi connectivity index (χ4v) is 7.01. The molecule has 0 saturated carbocycles. The summed E-state index contributed by atoms with van der Waals surface area (Å²) in [4.78, 5) is 11.4. The quantitative estimate of drug-likeness (QED) is 0.0481. The molecular weight excluding hydrogens is 604 g/mol. The first kappa shape index (κ1) is 44.0.